The second-order valence-corrected chi connectivity index (χ2v) is 9.03. The molecule has 4 aromatic rings. The minimum absolute atomic E-state index is 0.145. The van der Waals surface area contributed by atoms with Crippen LogP contribution in [0.3, 0.4) is 0 Å². The first-order chi connectivity index (χ1) is 17.7. The van der Waals surface area contributed by atoms with Gasteiger partial charge in [0.05, 0.1) is 16.8 Å². The van der Waals surface area contributed by atoms with Gasteiger partial charge in [0.15, 0.2) is 0 Å². The number of hydrogen-bond acceptors (Lipinski definition) is 5. The van der Waals surface area contributed by atoms with E-state index >= 15 is 0 Å². The van der Waals surface area contributed by atoms with E-state index in [-0.39, 0.29) is 12.1 Å². The van der Waals surface area contributed by atoms with E-state index in [1.165, 1.54) is 12.3 Å². The van der Waals surface area contributed by atoms with Crippen LogP contribution in [0.5, 0.6) is 0 Å². The molecule has 0 saturated carbocycles. The van der Waals surface area contributed by atoms with Crippen LogP contribution in [0.15, 0.2) is 60.9 Å². The molecule has 3 heterocycles. The summed E-state index contributed by atoms with van der Waals surface area (Å²) >= 11 is 0. The van der Waals surface area contributed by atoms with Crippen molar-refractivity contribution in [3.05, 3.63) is 77.6 Å². The number of aryl methyl sites for hydroxylation is 1. The highest BCUT2D eigenvalue weighted by atomic mass is 19.4. The average Bonchev–Trinajstić information content (AvgIpc) is 3.57. The predicted octanol–water partition coefficient (Wildman–Crippen LogP) is 6.46. The lowest BCUT2D eigenvalue weighted by molar-refractivity contribution is -0.137. The topological polar surface area (TPSA) is 82.3 Å². The van der Waals surface area contributed by atoms with Gasteiger partial charge < -0.3 is 25.3 Å². The number of alkyl halides is 3. The van der Waals surface area contributed by atoms with E-state index in [0.717, 1.165) is 35.9 Å². The summed E-state index contributed by atoms with van der Waals surface area (Å²) in [6.45, 7) is 2.51. The number of hydrogen-bond donors (Lipinski definition) is 3. The fraction of sp³-hybridized carbons (Fsp3) is 0.259. The molecule has 1 unspecified atom stereocenters. The van der Waals surface area contributed by atoms with Crippen molar-refractivity contribution in [3.63, 3.8) is 0 Å². The first kappa shape index (κ1) is 24.6. The molecule has 1 atom stereocenters. The molecule has 192 valence electrons. The molecule has 5 rings (SSSR count). The molecule has 3 N–H and O–H groups in total. The van der Waals surface area contributed by atoms with Crippen LogP contribution in [-0.4, -0.2) is 35.8 Å². The van der Waals surface area contributed by atoms with Gasteiger partial charge in [0.25, 0.3) is 5.91 Å². The summed E-state index contributed by atoms with van der Waals surface area (Å²) in [6.07, 6.45) is 0.534. The van der Waals surface area contributed by atoms with Crippen LogP contribution in [0.2, 0.25) is 0 Å². The standard InChI is InChI=1S/C27H26F3N5O2/c1-16-8-9-19(33-18-6-3-5-17(13-18)27(28,29)30)14-22(16)34-26(36)21-15-32-25-20(10-11-31-25)24(21)35(2)23-7-4-12-37-23/h3,5-6,8-11,13-15,23,33H,4,7,12H2,1-2H3,(H,31,32)(H,34,36). The Labute approximate surface area is 211 Å². The second-order valence-electron chi connectivity index (χ2n) is 9.03. The molecule has 0 bridgehead atoms. The Morgan fingerprint density at radius 2 is 1.97 bits per heavy atom. The molecule has 1 saturated heterocycles. The van der Waals surface area contributed by atoms with Gasteiger partial charge >= 0.3 is 6.18 Å². The number of H-pyrrole nitrogens is 1. The van der Waals surface area contributed by atoms with E-state index in [4.69, 9.17) is 4.74 Å². The van der Waals surface area contributed by atoms with Gasteiger partial charge in [-0.3, -0.25) is 4.79 Å². The molecule has 37 heavy (non-hydrogen) atoms. The van der Waals surface area contributed by atoms with Crippen molar-refractivity contribution in [1.29, 1.82) is 0 Å². The Kier molecular flexibility index (Phi) is 6.51. The number of aromatic amines is 1. The van der Waals surface area contributed by atoms with Crippen LogP contribution < -0.4 is 15.5 Å². The van der Waals surface area contributed by atoms with E-state index in [2.05, 4.69) is 20.6 Å². The number of fused-ring (bicyclic) bond motifs is 1. The molecule has 1 aliphatic heterocycles. The SMILES string of the molecule is Cc1ccc(Nc2cccc(C(F)(F)F)c2)cc1NC(=O)c1cnc2[nH]ccc2c1N(C)C1CCCO1. The highest BCUT2D eigenvalue weighted by Gasteiger charge is 2.30. The lowest BCUT2D eigenvalue weighted by Gasteiger charge is -2.28. The molecular weight excluding hydrogens is 483 g/mol. The molecule has 10 heteroatoms. The maximum Gasteiger partial charge on any atom is 0.416 e. The number of nitrogens with zero attached hydrogens (tertiary/aromatic N) is 2. The number of anilines is 4. The maximum atomic E-state index is 13.5. The quantitative estimate of drug-likeness (QED) is 0.278. The second kappa shape index (κ2) is 9.78. The molecule has 0 spiro atoms. The summed E-state index contributed by atoms with van der Waals surface area (Å²) in [5, 5.41) is 6.75. The minimum Gasteiger partial charge on any atom is -0.358 e. The van der Waals surface area contributed by atoms with Crippen molar-refractivity contribution < 1.29 is 22.7 Å². The third-order valence-corrected chi connectivity index (χ3v) is 6.46. The number of halogens is 3. The van der Waals surface area contributed by atoms with Gasteiger partial charge in [0.1, 0.15) is 11.9 Å². The summed E-state index contributed by atoms with van der Waals surface area (Å²) in [4.78, 5) is 23.0. The van der Waals surface area contributed by atoms with Crippen molar-refractivity contribution in [2.45, 2.75) is 32.2 Å². The molecule has 1 aliphatic rings. The van der Waals surface area contributed by atoms with E-state index in [1.807, 2.05) is 24.9 Å². The van der Waals surface area contributed by atoms with Crippen molar-refractivity contribution >= 4 is 39.7 Å². The summed E-state index contributed by atoms with van der Waals surface area (Å²) < 4.78 is 45.2. The zero-order chi connectivity index (χ0) is 26.2. The van der Waals surface area contributed by atoms with Gasteiger partial charge in [0, 0.05) is 48.5 Å². The zero-order valence-corrected chi connectivity index (χ0v) is 20.3. The van der Waals surface area contributed by atoms with E-state index in [1.54, 1.807) is 30.5 Å². The zero-order valence-electron chi connectivity index (χ0n) is 20.3. The molecule has 0 aliphatic carbocycles. The number of aromatic nitrogens is 2. The van der Waals surface area contributed by atoms with E-state index in [0.29, 0.717) is 40.6 Å². The third-order valence-electron chi connectivity index (χ3n) is 6.46. The van der Waals surface area contributed by atoms with Crippen molar-refractivity contribution in [2.24, 2.45) is 0 Å². The number of amides is 1. The molecule has 1 amide bonds. The van der Waals surface area contributed by atoms with Crippen LogP contribution >= 0.6 is 0 Å². The molecule has 7 nitrogen and oxygen atoms in total. The van der Waals surface area contributed by atoms with Crippen molar-refractivity contribution in [3.8, 4) is 0 Å². The van der Waals surface area contributed by atoms with Gasteiger partial charge in [-0.1, -0.05) is 12.1 Å². The van der Waals surface area contributed by atoms with Crippen LogP contribution in [-0.2, 0) is 10.9 Å². The lowest BCUT2D eigenvalue weighted by atomic mass is 10.1. The fourth-order valence-electron chi connectivity index (χ4n) is 4.51. The smallest absolute Gasteiger partial charge is 0.358 e. The Balaban J connectivity index is 1.43. The van der Waals surface area contributed by atoms with Gasteiger partial charge in [-0.15, -0.1) is 0 Å². The van der Waals surface area contributed by atoms with Crippen LogP contribution in [0.1, 0.15) is 34.3 Å². The lowest BCUT2D eigenvalue weighted by Crippen LogP contribution is -2.32. The van der Waals surface area contributed by atoms with Crippen LogP contribution in [0, 0.1) is 6.92 Å². The van der Waals surface area contributed by atoms with Gasteiger partial charge in [-0.2, -0.15) is 13.2 Å². The summed E-state index contributed by atoms with van der Waals surface area (Å²) in [5.41, 5.74) is 3.19. The molecular formula is C27H26F3N5O2. The average molecular weight is 510 g/mol. The highest BCUT2D eigenvalue weighted by Crippen LogP contribution is 2.34. The van der Waals surface area contributed by atoms with E-state index < -0.39 is 11.7 Å². The highest BCUT2D eigenvalue weighted by molar-refractivity contribution is 6.12. The number of ether oxygens (including phenoxy) is 1. The largest absolute Gasteiger partial charge is 0.416 e. The Morgan fingerprint density at radius 1 is 1.16 bits per heavy atom. The summed E-state index contributed by atoms with van der Waals surface area (Å²) in [5.74, 6) is -0.352. The number of carbonyl (C=O) groups excluding carboxylic acids is 1. The molecule has 0 radical (unpaired) electrons. The number of carbonyl (C=O) groups is 1. The molecule has 1 fully saturated rings. The predicted molar refractivity (Wildman–Crippen MR) is 137 cm³/mol. The maximum absolute atomic E-state index is 13.5. The Hall–Kier alpha value is -4.05. The Morgan fingerprint density at radius 3 is 2.73 bits per heavy atom. The van der Waals surface area contributed by atoms with E-state index in [9.17, 15) is 18.0 Å². The first-order valence-corrected chi connectivity index (χ1v) is 11.9. The first-order valence-electron chi connectivity index (χ1n) is 11.9. The Bertz CT molecular complexity index is 1440. The third kappa shape index (κ3) is 5.10. The summed E-state index contributed by atoms with van der Waals surface area (Å²) in [7, 11) is 1.90. The monoisotopic (exact) mass is 509 g/mol. The molecule has 2 aromatic heterocycles. The van der Waals surface area contributed by atoms with Crippen molar-refractivity contribution in [2.75, 3.05) is 29.2 Å². The van der Waals surface area contributed by atoms with Crippen molar-refractivity contribution in [1.82, 2.24) is 9.97 Å². The number of rotatable bonds is 6. The molecule has 2 aromatic carbocycles. The van der Waals surface area contributed by atoms with Crippen LogP contribution in [0.4, 0.5) is 35.9 Å². The van der Waals surface area contributed by atoms with Gasteiger partial charge in [0.2, 0.25) is 0 Å². The number of pyridine rings is 1. The van der Waals surface area contributed by atoms with Gasteiger partial charge in [-0.05, 0) is 61.7 Å². The van der Waals surface area contributed by atoms with Gasteiger partial charge in [-0.25, -0.2) is 4.98 Å². The summed E-state index contributed by atoms with van der Waals surface area (Å²) in [6, 6.07) is 12.1. The number of nitrogens with one attached hydrogen (secondary N) is 3. The normalized spacial score (nSPS) is 15.6. The number of benzene rings is 2. The van der Waals surface area contributed by atoms with Crippen LogP contribution in [0.25, 0.3) is 11.0 Å². The fourth-order valence-corrected chi connectivity index (χ4v) is 4.51. The minimum atomic E-state index is -4.44.